The van der Waals surface area contributed by atoms with Crippen LogP contribution in [-0.2, 0) is 16.1 Å². The molecular formula is C19H26ClF3N2O3. The zero-order valence-electron chi connectivity index (χ0n) is 15.5. The van der Waals surface area contributed by atoms with Crippen molar-refractivity contribution in [1.82, 2.24) is 4.90 Å². The van der Waals surface area contributed by atoms with E-state index in [1.165, 1.54) is 12.1 Å². The number of alkyl halides is 3. The van der Waals surface area contributed by atoms with Crippen LogP contribution >= 0.6 is 12.4 Å². The number of ether oxygens (including phenoxy) is 2. The molecule has 3 rings (SSSR count). The van der Waals surface area contributed by atoms with E-state index in [-0.39, 0.29) is 42.8 Å². The van der Waals surface area contributed by atoms with Crippen LogP contribution < -0.4 is 10.5 Å². The fourth-order valence-electron chi connectivity index (χ4n) is 3.89. The summed E-state index contributed by atoms with van der Waals surface area (Å²) in [6.07, 6.45) is -0.467. The number of nitrogens with two attached hydrogens (primary N) is 1. The fraction of sp³-hybridized carbons (Fsp3) is 0.632. The maximum absolute atomic E-state index is 13.1. The minimum absolute atomic E-state index is 0. The smallest absolute Gasteiger partial charge is 0.405 e. The first-order valence-electron chi connectivity index (χ1n) is 9.37. The number of hydrogen-bond acceptors (Lipinski definition) is 4. The van der Waals surface area contributed by atoms with Crippen molar-refractivity contribution in [1.29, 1.82) is 0 Å². The Balaban J connectivity index is 0.00000280. The van der Waals surface area contributed by atoms with Crippen LogP contribution in [0.25, 0.3) is 0 Å². The van der Waals surface area contributed by atoms with E-state index < -0.39 is 12.5 Å². The van der Waals surface area contributed by atoms with Gasteiger partial charge in [0.2, 0.25) is 0 Å². The minimum atomic E-state index is -4.78. The third-order valence-electron chi connectivity index (χ3n) is 5.23. The van der Waals surface area contributed by atoms with Gasteiger partial charge in [-0.3, -0.25) is 4.79 Å². The highest BCUT2D eigenvalue weighted by molar-refractivity contribution is 5.85. The van der Waals surface area contributed by atoms with Gasteiger partial charge in [0, 0.05) is 24.7 Å². The first-order chi connectivity index (χ1) is 12.9. The lowest BCUT2D eigenvalue weighted by Crippen LogP contribution is -2.44. The molecule has 2 fully saturated rings. The van der Waals surface area contributed by atoms with Crippen molar-refractivity contribution in [2.45, 2.75) is 69.7 Å². The van der Waals surface area contributed by atoms with Gasteiger partial charge in [-0.05, 0) is 31.7 Å². The third kappa shape index (κ3) is 5.75. The molecule has 9 heteroatoms. The van der Waals surface area contributed by atoms with Gasteiger partial charge in [-0.1, -0.05) is 31.0 Å². The standard InChI is InChI=1S/C19H25F3N2O3.ClH/c20-19(21,22)27-16-8-4-1-5-13(16)12-24(14-6-2-3-7-14)18(25)17-10-9-15(11-23)26-17;/h1,4-5,8,14-15,17H,2-3,6-7,9-12,23H2;1H/t15-,17+;/m1./s1. The number of hydrogen-bond donors (Lipinski definition) is 1. The van der Waals surface area contributed by atoms with Crippen molar-refractivity contribution in [3.63, 3.8) is 0 Å². The van der Waals surface area contributed by atoms with Gasteiger partial charge < -0.3 is 20.1 Å². The summed E-state index contributed by atoms with van der Waals surface area (Å²) in [5.74, 6) is -0.437. The normalized spacial score (nSPS) is 22.7. The Morgan fingerprint density at radius 1 is 1.18 bits per heavy atom. The molecule has 0 aromatic heterocycles. The van der Waals surface area contributed by atoms with Gasteiger partial charge >= 0.3 is 6.36 Å². The van der Waals surface area contributed by atoms with Crippen LogP contribution in [-0.4, -0.2) is 42.0 Å². The summed E-state index contributed by atoms with van der Waals surface area (Å²) in [6.45, 7) is 0.429. The molecule has 28 heavy (non-hydrogen) atoms. The molecule has 1 saturated carbocycles. The van der Waals surface area contributed by atoms with Crippen molar-refractivity contribution in [3.8, 4) is 5.75 Å². The molecule has 2 N–H and O–H groups in total. The Hall–Kier alpha value is -1.51. The van der Waals surface area contributed by atoms with E-state index in [0.29, 0.717) is 18.5 Å². The molecule has 2 aliphatic rings. The van der Waals surface area contributed by atoms with Gasteiger partial charge in [0.25, 0.3) is 5.91 Å². The second-order valence-corrected chi connectivity index (χ2v) is 7.12. The quantitative estimate of drug-likeness (QED) is 0.757. The first-order valence-corrected chi connectivity index (χ1v) is 9.37. The summed E-state index contributed by atoms with van der Waals surface area (Å²) in [5.41, 5.74) is 5.96. The van der Waals surface area contributed by atoms with Crippen LogP contribution in [0.1, 0.15) is 44.1 Å². The van der Waals surface area contributed by atoms with Gasteiger partial charge in [0.15, 0.2) is 0 Å². The molecule has 5 nitrogen and oxygen atoms in total. The van der Waals surface area contributed by atoms with E-state index in [1.54, 1.807) is 17.0 Å². The van der Waals surface area contributed by atoms with Crippen LogP contribution in [0.4, 0.5) is 13.2 Å². The number of benzene rings is 1. The molecule has 0 bridgehead atoms. The molecule has 0 unspecified atom stereocenters. The van der Waals surface area contributed by atoms with Crippen LogP contribution in [0.3, 0.4) is 0 Å². The number of carbonyl (C=O) groups excluding carboxylic acids is 1. The Morgan fingerprint density at radius 2 is 1.86 bits per heavy atom. The molecule has 2 atom stereocenters. The highest BCUT2D eigenvalue weighted by atomic mass is 35.5. The van der Waals surface area contributed by atoms with E-state index in [1.807, 2.05) is 0 Å². The average molecular weight is 423 g/mol. The average Bonchev–Trinajstić information content (AvgIpc) is 3.30. The van der Waals surface area contributed by atoms with Crippen LogP contribution in [0, 0.1) is 0 Å². The number of halogens is 4. The SMILES string of the molecule is Cl.NC[C@H]1CC[C@@H](C(=O)N(Cc2ccccc2OC(F)(F)F)C2CCCC2)O1. The summed E-state index contributed by atoms with van der Waals surface area (Å²) in [7, 11) is 0. The number of para-hydroxylation sites is 1. The largest absolute Gasteiger partial charge is 0.573 e. The molecule has 1 aliphatic heterocycles. The number of rotatable bonds is 6. The molecule has 158 valence electrons. The monoisotopic (exact) mass is 422 g/mol. The number of nitrogens with zero attached hydrogens (tertiary/aromatic N) is 1. The molecule has 1 heterocycles. The minimum Gasteiger partial charge on any atom is -0.405 e. The summed E-state index contributed by atoms with van der Waals surface area (Å²) in [4.78, 5) is 14.8. The van der Waals surface area contributed by atoms with Gasteiger partial charge in [-0.2, -0.15) is 0 Å². The first kappa shape index (κ1) is 22.8. The lowest BCUT2D eigenvalue weighted by Gasteiger charge is -2.32. The molecule has 1 aromatic rings. The highest BCUT2D eigenvalue weighted by Crippen LogP contribution is 2.32. The molecule has 0 radical (unpaired) electrons. The maximum atomic E-state index is 13.1. The van der Waals surface area contributed by atoms with E-state index >= 15 is 0 Å². The number of amides is 1. The van der Waals surface area contributed by atoms with Crippen molar-refractivity contribution in [2.75, 3.05) is 6.54 Å². The van der Waals surface area contributed by atoms with Gasteiger partial charge in [0.1, 0.15) is 11.9 Å². The van der Waals surface area contributed by atoms with Gasteiger partial charge in [-0.15, -0.1) is 25.6 Å². The van der Waals surface area contributed by atoms with E-state index in [0.717, 1.165) is 32.1 Å². The van der Waals surface area contributed by atoms with Crippen molar-refractivity contribution in [3.05, 3.63) is 29.8 Å². The van der Waals surface area contributed by atoms with E-state index in [4.69, 9.17) is 10.5 Å². The lowest BCUT2D eigenvalue weighted by molar-refractivity contribution is -0.275. The zero-order chi connectivity index (χ0) is 19.4. The van der Waals surface area contributed by atoms with Crippen molar-refractivity contribution in [2.24, 2.45) is 5.73 Å². The summed E-state index contributed by atoms with van der Waals surface area (Å²) in [5, 5.41) is 0. The number of carbonyl (C=O) groups is 1. The molecule has 1 saturated heterocycles. The highest BCUT2D eigenvalue weighted by Gasteiger charge is 2.37. The second-order valence-electron chi connectivity index (χ2n) is 7.12. The Labute approximate surface area is 168 Å². The van der Waals surface area contributed by atoms with Crippen molar-refractivity contribution >= 4 is 18.3 Å². The summed E-state index contributed by atoms with van der Waals surface area (Å²) < 4.78 is 48.0. The van der Waals surface area contributed by atoms with E-state index in [9.17, 15) is 18.0 Å². The molecular weight excluding hydrogens is 397 g/mol. The fourth-order valence-corrected chi connectivity index (χ4v) is 3.89. The van der Waals surface area contributed by atoms with Crippen LogP contribution in [0.15, 0.2) is 24.3 Å². The Morgan fingerprint density at radius 3 is 2.46 bits per heavy atom. The maximum Gasteiger partial charge on any atom is 0.573 e. The predicted octanol–water partition coefficient (Wildman–Crippen LogP) is 3.78. The molecule has 0 spiro atoms. The van der Waals surface area contributed by atoms with Crippen LogP contribution in [0.2, 0.25) is 0 Å². The summed E-state index contributed by atoms with van der Waals surface area (Å²) in [6, 6.07) is 5.98. The van der Waals surface area contributed by atoms with Gasteiger partial charge in [0.05, 0.1) is 6.10 Å². The lowest BCUT2D eigenvalue weighted by atomic mass is 10.1. The molecule has 1 amide bonds. The molecule has 1 aromatic carbocycles. The van der Waals surface area contributed by atoms with Crippen LogP contribution in [0.5, 0.6) is 5.75 Å². The summed E-state index contributed by atoms with van der Waals surface area (Å²) >= 11 is 0. The molecule has 1 aliphatic carbocycles. The van der Waals surface area contributed by atoms with Gasteiger partial charge in [-0.25, -0.2) is 0 Å². The zero-order valence-corrected chi connectivity index (χ0v) is 16.3. The second kappa shape index (κ2) is 9.80. The van der Waals surface area contributed by atoms with Crippen molar-refractivity contribution < 1.29 is 27.4 Å². The third-order valence-corrected chi connectivity index (χ3v) is 5.23. The predicted molar refractivity (Wildman–Crippen MR) is 100 cm³/mol. The topological polar surface area (TPSA) is 64.8 Å². The Kier molecular flexibility index (Phi) is 7.97. The Bertz CT molecular complexity index is 654. The van der Waals surface area contributed by atoms with E-state index in [2.05, 4.69) is 4.74 Å².